The van der Waals surface area contributed by atoms with Crippen LogP contribution in [0.25, 0.3) is 0 Å². The number of carbonyl (C=O) groups is 3. The predicted molar refractivity (Wildman–Crippen MR) is 141 cm³/mol. The van der Waals surface area contributed by atoms with E-state index in [0.29, 0.717) is 40.5 Å². The quantitative estimate of drug-likeness (QED) is 0.404. The Hall–Kier alpha value is -4.07. The Kier molecular flexibility index (Phi) is 8.20. The van der Waals surface area contributed by atoms with Crippen LogP contribution < -0.4 is 14.8 Å². The highest BCUT2D eigenvalue weighted by Gasteiger charge is 2.49. The highest BCUT2D eigenvalue weighted by Crippen LogP contribution is 2.48. The summed E-state index contributed by atoms with van der Waals surface area (Å²) in [7, 11) is 3.15. The molecule has 0 spiro atoms. The summed E-state index contributed by atoms with van der Waals surface area (Å²) in [5.74, 6) is -2.36. The number of allylic oxidation sites excluding steroid dienone is 3. The Bertz CT molecular complexity index is 1270. The van der Waals surface area contributed by atoms with E-state index in [9.17, 15) is 14.4 Å². The molecule has 1 aliphatic carbocycles. The Morgan fingerprint density at radius 2 is 1.42 bits per heavy atom. The van der Waals surface area contributed by atoms with Gasteiger partial charge in [-0.2, -0.15) is 0 Å². The van der Waals surface area contributed by atoms with Crippen molar-refractivity contribution in [3.05, 3.63) is 82.2 Å². The maximum atomic E-state index is 14.3. The van der Waals surface area contributed by atoms with Gasteiger partial charge in [0.25, 0.3) is 0 Å². The summed E-state index contributed by atoms with van der Waals surface area (Å²) in [5, 5.41) is 3.31. The summed E-state index contributed by atoms with van der Waals surface area (Å²) in [6.45, 7) is 5.59. The molecule has 0 saturated heterocycles. The molecular weight excluding hydrogens is 486 g/mol. The number of nitrogens with one attached hydrogen (secondary N) is 1. The van der Waals surface area contributed by atoms with E-state index in [0.717, 1.165) is 11.1 Å². The van der Waals surface area contributed by atoms with Gasteiger partial charge in [0.1, 0.15) is 17.4 Å². The fourth-order valence-electron chi connectivity index (χ4n) is 5.31. The number of rotatable bonds is 8. The minimum atomic E-state index is -1.06. The number of Topliss-reactive ketones (excluding diaryl/α,β-unsaturated/α-hetero) is 1. The van der Waals surface area contributed by atoms with Gasteiger partial charge in [0, 0.05) is 28.8 Å². The van der Waals surface area contributed by atoms with E-state index in [1.165, 1.54) is 0 Å². The first-order chi connectivity index (χ1) is 18.3. The van der Waals surface area contributed by atoms with Crippen LogP contribution in [0.4, 0.5) is 0 Å². The van der Waals surface area contributed by atoms with Crippen molar-refractivity contribution < 1.29 is 33.3 Å². The predicted octanol–water partition coefficient (Wildman–Crippen LogP) is 4.42. The highest BCUT2D eigenvalue weighted by atomic mass is 16.5. The number of benzene rings is 2. The second-order valence-corrected chi connectivity index (χ2v) is 9.16. The van der Waals surface area contributed by atoms with Gasteiger partial charge in [-0.25, -0.2) is 4.79 Å². The van der Waals surface area contributed by atoms with Gasteiger partial charge in [0.05, 0.1) is 33.0 Å². The molecule has 1 aliphatic heterocycles. The lowest BCUT2D eigenvalue weighted by Crippen LogP contribution is -2.43. The van der Waals surface area contributed by atoms with Crippen molar-refractivity contribution in [2.75, 3.05) is 27.4 Å². The Morgan fingerprint density at radius 3 is 1.95 bits per heavy atom. The lowest BCUT2D eigenvalue weighted by molar-refractivity contribution is -0.152. The second-order valence-electron chi connectivity index (χ2n) is 9.16. The van der Waals surface area contributed by atoms with Gasteiger partial charge in [0.15, 0.2) is 5.78 Å². The summed E-state index contributed by atoms with van der Waals surface area (Å²) in [6, 6.07) is 14.6. The lowest BCUT2D eigenvalue weighted by Gasteiger charge is -2.39. The fourth-order valence-corrected chi connectivity index (χ4v) is 5.31. The van der Waals surface area contributed by atoms with E-state index in [2.05, 4.69) is 5.32 Å². The number of carbonyl (C=O) groups excluding carboxylic acids is 3. The zero-order valence-corrected chi connectivity index (χ0v) is 22.3. The molecule has 4 rings (SSSR count). The third-order valence-electron chi connectivity index (χ3n) is 7.05. The van der Waals surface area contributed by atoms with E-state index in [4.69, 9.17) is 18.9 Å². The van der Waals surface area contributed by atoms with Gasteiger partial charge in [0.2, 0.25) is 0 Å². The molecule has 3 atom stereocenters. The van der Waals surface area contributed by atoms with Gasteiger partial charge >= 0.3 is 11.9 Å². The van der Waals surface area contributed by atoms with E-state index in [1.807, 2.05) is 36.4 Å². The lowest BCUT2D eigenvalue weighted by atomic mass is 9.67. The van der Waals surface area contributed by atoms with Crippen LogP contribution >= 0.6 is 0 Å². The number of hydrogen-bond donors (Lipinski definition) is 1. The maximum Gasteiger partial charge on any atom is 0.336 e. The molecule has 2 aromatic rings. The Balaban J connectivity index is 1.87. The second kappa shape index (κ2) is 11.5. The molecular formula is C30H33NO7. The zero-order chi connectivity index (χ0) is 27.4. The largest absolute Gasteiger partial charge is 0.497 e. The summed E-state index contributed by atoms with van der Waals surface area (Å²) in [6.07, 6.45) is 0.386. The molecule has 38 heavy (non-hydrogen) atoms. The number of hydrogen-bond acceptors (Lipinski definition) is 8. The normalized spacial score (nSPS) is 20.9. The van der Waals surface area contributed by atoms with Crippen molar-refractivity contribution in [2.24, 2.45) is 5.92 Å². The fraction of sp³-hybridized carbons (Fsp3) is 0.367. The van der Waals surface area contributed by atoms with E-state index < -0.39 is 29.7 Å². The van der Waals surface area contributed by atoms with Crippen molar-refractivity contribution in [2.45, 2.75) is 39.0 Å². The van der Waals surface area contributed by atoms with Gasteiger partial charge in [-0.15, -0.1) is 0 Å². The van der Waals surface area contributed by atoms with E-state index in [-0.39, 0.29) is 19.0 Å². The molecule has 1 N–H and O–H groups in total. The van der Waals surface area contributed by atoms with Crippen molar-refractivity contribution in [1.29, 1.82) is 0 Å². The molecule has 2 aliphatic rings. The number of esters is 2. The molecule has 0 saturated carbocycles. The number of methoxy groups -OCH3 is 2. The average Bonchev–Trinajstić information content (AvgIpc) is 2.92. The van der Waals surface area contributed by atoms with Crippen LogP contribution in [0.2, 0.25) is 0 Å². The summed E-state index contributed by atoms with van der Waals surface area (Å²) in [5.41, 5.74) is 3.56. The van der Waals surface area contributed by atoms with Crippen molar-refractivity contribution in [3.63, 3.8) is 0 Å². The van der Waals surface area contributed by atoms with E-state index >= 15 is 0 Å². The first kappa shape index (κ1) is 27.0. The topological polar surface area (TPSA) is 100 Å². The SMILES string of the molecule is CCOC(=O)C1=C(C)NC2=C(C(=O)[C@H](C(=O)OCC)[C@@H](c3ccc(OC)cc3)C2)[C@H]1c1ccc(OC)cc1. The zero-order valence-electron chi connectivity index (χ0n) is 22.3. The number of dihydropyridines is 1. The van der Waals surface area contributed by atoms with Crippen molar-refractivity contribution >= 4 is 17.7 Å². The van der Waals surface area contributed by atoms with Gasteiger partial charge in [-0.05, 0) is 62.6 Å². The molecule has 0 radical (unpaired) electrons. The van der Waals surface area contributed by atoms with Gasteiger partial charge in [-0.1, -0.05) is 24.3 Å². The van der Waals surface area contributed by atoms with Crippen LogP contribution in [0.15, 0.2) is 71.1 Å². The number of ketones is 1. The first-order valence-electron chi connectivity index (χ1n) is 12.7. The van der Waals surface area contributed by atoms with Crippen molar-refractivity contribution in [3.8, 4) is 11.5 Å². The average molecular weight is 520 g/mol. The summed E-state index contributed by atoms with van der Waals surface area (Å²) >= 11 is 0. The molecule has 0 amide bonds. The van der Waals surface area contributed by atoms with E-state index in [1.54, 1.807) is 47.1 Å². The molecule has 1 heterocycles. The van der Waals surface area contributed by atoms with Gasteiger partial charge < -0.3 is 24.3 Å². The highest BCUT2D eigenvalue weighted by molar-refractivity contribution is 6.13. The van der Waals surface area contributed by atoms with Crippen LogP contribution in [0.5, 0.6) is 11.5 Å². The Morgan fingerprint density at radius 1 is 0.868 bits per heavy atom. The molecule has 0 bridgehead atoms. The smallest absolute Gasteiger partial charge is 0.336 e. The standard InChI is InChI=1S/C30H33NO7/c1-6-37-29(33)24-17(3)31-23-16-22(18-8-12-20(35-4)13-9-18)26(30(34)38-7-2)28(32)27(23)25(24)19-10-14-21(36-5)15-11-19/h8-15,22,25-26,31H,6-7,16H2,1-5H3/t22-,25+,26-/m1/s1. The Labute approximate surface area is 222 Å². The number of ether oxygens (including phenoxy) is 4. The molecule has 8 heteroatoms. The molecule has 2 aromatic carbocycles. The summed E-state index contributed by atoms with van der Waals surface area (Å²) in [4.78, 5) is 40.7. The molecule has 0 aromatic heterocycles. The van der Waals surface area contributed by atoms with Crippen LogP contribution in [0.1, 0.15) is 50.2 Å². The first-order valence-corrected chi connectivity index (χ1v) is 12.7. The maximum absolute atomic E-state index is 14.3. The molecule has 0 unspecified atom stereocenters. The van der Waals surface area contributed by atoms with Crippen LogP contribution in [0, 0.1) is 5.92 Å². The van der Waals surface area contributed by atoms with Crippen LogP contribution in [0.3, 0.4) is 0 Å². The minimum absolute atomic E-state index is 0.150. The van der Waals surface area contributed by atoms with Crippen LogP contribution in [-0.2, 0) is 23.9 Å². The monoisotopic (exact) mass is 519 g/mol. The van der Waals surface area contributed by atoms with Gasteiger partial charge in [-0.3, -0.25) is 9.59 Å². The summed E-state index contributed by atoms with van der Waals surface area (Å²) < 4.78 is 21.4. The minimum Gasteiger partial charge on any atom is -0.497 e. The molecule has 200 valence electrons. The van der Waals surface area contributed by atoms with Crippen LogP contribution in [-0.4, -0.2) is 45.2 Å². The molecule has 0 fully saturated rings. The third kappa shape index (κ3) is 5.03. The molecule has 8 nitrogen and oxygen atoms in total. The van der Waals surface area contributed by atoms with Crippen molar-refractivity contribution in [1.82, 2.24) is 5.32 Å². The third-order valence-corrected chi connectivity index (χ3v) is 7.05.